The molecule has 160 valence electrons. The molecule has 0 unspecified atom stereocenters. The Morgan fingerprint density at radius 1 is 1.32 bits per heavy atom. The van der Waals surface area contributed by atoms with E-state index >= 15 is 0 Å². The smallest absolute Gasteiger partial charge is 0.313 e. The number of piperidine rings is 1. The number of nitrogens with zero attached hydrogens (tertiary/aromatic N) is 2. The van der Waals surface area contributed by atoms with Crippen LogP contribution in [0.3, 0.4) is 0 Å². The number of pyridine rings is 1. The molecule has 3 amide bonds. The van der Waals surface area contributed by atoms with Crippen LogP contribution in [0.2, 0.25) is 0 Å². The van der Waals surface area contributed by atoms with Gasteiger partial charge in [0.05, 0.1) is 17.4 Å². The van der Waals surface area contributed by atoms with Gasteiger partial charge in [0.1, 0.15) is 13.7 Å². The molecule has 3 N–H and O–H groups in total. The van der Waals surface area contributed by atoms with Crippen LogP contribution in [0, 0.1) is 5.92 Å². The number of aromatic nitrogens is 1. The van der Waals surface area contributed by atoms with Crippen molar-refractivity contribution in [1.82, 2.24) is 9.88 Å². The van der Waals surface area contributed by atoms with Gasteiger partial charge in [0.15, 0.2) is 0 Å². The first kappa shape index (κ1) is 23.8. The van der Waals surface area contributed by atoms with Gasteiger partial charge in [-0.2, -0.15) is 0 Å². The van der Waals surface area contributed by atoms with E-state index in [1.54, 1.807) is 0 Å². The molecule has 0 spiro atoms. The summed E-state index contributed by atoms with van der Waals surface area (Å²) >= 11 is 0. The Hall–Kier alpha value is -3.49. The standard InChI is InChI=1S/C22H24BFN4O3/c1-4-16(6-7-17(24)5-2)22(23)9-8-14(3)13-28(22)21(31)20(30)27-18-10-15(19(25)29)11-26-12-18/h4-7,10-12,14H,1-2,8-9,13H2,3H3,(H2,25,29)(H,27,30)/b16-6+,17-7+/t14-,22+/m1/s1. The summed E-state index contributed by atoms with van der Waals surface area (Å²) in [5.41, 5.74) is 4.46. The highest BCUT2D eigenvalue weighted by Crippen LogP contribution is 2.35. The van der Waals surface area contributed by atoms with Crippen molar-refractivity contribution < 1.29 is 18.8 Å². The van der Waals surface area contributed by atoms with E-state index in [4.69, 9.17) is 13.6 Å². The number of hydrogen-bond donors (Lipinski definition) is 2. The third-order valence-electron chi connectivity index (χ3n) is 5.05. The molecule has 2 atom stereocenters. The van der Waals surface area contributed by atoms with E-state index in [0.29, 0.717) is 18.4 Å². The number of halogens is 1. The highest BCUT2D eigenvalue weighted by atomic mass is 19.1. The fourth-order valence-corrected chi connectivity index (χ4v) is 3.31. The molecule has 2 radical (unpaired) electrons. The number of rotatable bonds is 6. The zero-order valence-corrected chi connectivity index (χ0v) is 17.3. The Kier molecular flexibility index (Phi) is 7.69. The fourth-order valence-electron chi connectivity index (χ4n) is 3.31. The topological polar surface area (TPSA) is 105 Å². The molecule has 0 aliphatic carbocycles. The van der Waals surface area contributed by atoms with Crippen LogP contribution in [0.25, 0.3) is 0 Å². The Morgan fingerprint density at radius 2 is 2.03 bits per heavy atom. The second-order valence-electron chi connectivity index (χ2n) is 7.35. The Bertz CT molecular complexity index is 975. The summed E-state index contributed by atoms with van der Waals surface area (Å²) in [4.78, 5) is 42.1. The van der Waals surface area contributed by atoms with Crippen LogP contribution in [0.1, 0.15) is 30.1 Å². The summed E-state index contributed by atoms with van der Waals surface area (Å²) in [6.45, 7) is 9.23. The van der Waals surface area contributed by atoms with Gasteiger partial charge in [-0.05, 0) is 42.6 Å². The predicted molar refractivity (Wildman–Crippen MR) is 118 cm³/mol. The van der Waals surface area contributed by atoms with Gasteiger partial charge < -0.3 is 16.0 Å². The lowest BCUT2D eigenvalue weighted by Crippen LogP contribution is -2.60. The van der Waals surface area contributed by atoms with Crippen molar-refractivity contribution >= 4 is 31.3 Å². The van der Waals surface area contributed by atoms with Crippen molar-refractivity contribution in [2.45, 2.75) is 25.2 Å². The zero-order chi connectivity index (χ0) is 23.2. The first-order valence-electron chi connectivity index (χ1n) is 9.62. The molecule has 1 aliphatic rings. The lowest BCUT2D eigenvalue weighted by Gasteiger charge is -2.48. The number of carbonyl (C=O) groups excluding carboxylic acids is 3. The molecule has 0 bridgehead atoms. The maximum absolute atomic E-state index is 13.5. The average Bonchev–Trinajstić information content (AvgIpc) is 2.75. The van der Waals surface area contributed by atoms with Crippen molar-refractivity contribution in [2.75, 3.05) is 11.9 Å². The first-order chi connectivity index (χ1) is 14.6. The van der Waals surface area contributed by atoms with E-state index in [1.807, 2.05) is 6.92 Å². The molecular formula is C22H24BFN4O3. The number of allylic oxidation sites excluding steroid dienone is 4. The van der Waals surface area contributed by atoms with Crippen LogP contribution in [0.5, 0.6) is 0 Å². The van der Waals surface area contributed by atoms with Crippen LogP contribution < -0.4 is 11.1 Å². The number of primary amides is 1. The number of hydrogen-bond acceptors (Lipinski definition) is 4. The van der Waals surface area contributed by atoms with E-state index in [-0.39, 0.29) is 23.7 Å². The monoisotopic (exact) mass is 422 g/mol. The molecule has 1 aliphatic heterocycles. The predicted octanol–water partition coefficient (Wildman–Crippen LogP) is 2.39. The Labute approximate surface area is 182 Å². The highest BCUT2D eigenvalue weighted by molar-refractivity contribution is 6.41. The summed E-state index contributed by atoms with van der Waals surface area (Å²) in [6, 6.07) is 1.31. The lowest BCUT2D eigenvalue weighted by molar-refractivity contribution is -0.146. The van der Waals surface area contributed by atoms with Crippen LogP contribution in [0.15, 0.2) is 67.3 Å². The minimum atomic E-state index is -1.35. The molecule has 2 heterocycles. The maximum atomic E-state index is 13.5. The van der Waals surface area contributed by atoms with Gasteiger partial charge in [-0.15, -0.1) is 0 Å². The molecule has 7 nitrogen and oxygen atoms in total. The summed E-state index contributed by atoms with van der Waals surface area (Å²) in [7, 11) is 6.58. The molecule has 1 fully saturated rings. The average molecular weight is 422 g/mol. The quantitative estimate of drug-likeness (QED) is 0.417. The first-order valence-corrected chi connectivity index (χ1v) is 9.62. The van der Waals surface area contributed by atoms with Gasteiger partial charge in [-0.3, -0.25) is 19.4 Å². The fraction of sp³-hybridized carbons (Fsp3) is 0.273. The van der Waals surface area contributed by atoms with Crippen molar-refractivity contribution in [3.05, 3.63) is 72.9 Å². The Morgan fingerprint density at radius 3 is 2.65 bits per heavy atom. The van der Waals surface area contributed by atoms with Gasteiger partial charge in [-0.25, -0.2) is 4.39 Å². The van der Waals surface area contributed by atoms with Gasteiger partial charge >= 0.3 is 11.8 Å². The molecular weight excluding hydrogens is 398 g/mol. The summed E-state index contributed by atoms with van der Waals surface area (Å²) < 4.78 is 13.5. The molecule has 2 rings (SSSR count). The third kappa shape index (κ3) is 5.56. The summed E-state index contributed by atoms with van der Waals surface area (Å²) in [5.74, 6) is -3.03. The molecule has 0 saturated carbocycles. The second kappa shape index (κ2) is 10.0. The Balaban J connectivity index is 2.34. The van der Waals surface area contributed by atoms with Crippen molar-refractivity contribution in [3.63, 3.8) is 0 Å². The van der Waals surface area contributed by atoms with Crippen molar-refractivity contribution in [1.29, 1.82) is 0 Å². The number of nitrogens with two attached hydrogens (primary N) is 1. The molecule has 1 aromatic heterocycles. The lowest BCUT2D eigenvalue weighted by atomic mass is 9.64. The number of nitrogens with one attached hydrogen (secondary N) is 1. The van der Waals surface area contributed by atoms with Gasteiger partial charge in [0.2, 0.25) is 5.91 Å². The maximum Gasteiger partial charge on any atom is 0.313 e. The minimum Gasteiger partial charge on any atom is -0.366 e. The SMILES string of the molecule is [B][C@@]1(/C(C=C)=C/C=C(/F)C=C)CC[C@@H](C)CN1C(=O)C(=O)Nc1cncc(C(N)=O)c1. The highest BCUT2D eigenvalue weighted by Gasteiger charge is 2.42. The van der Waals surface area contributed by atoms with E-state index < -0.39 is 29.0 Å². The largest absolute Gasteiger partial charge is 0.366 e. The normalized spacial score (nSPS) is 21.9. The van der Waals surface area contributed by atoms with Gasteiger partial charge in [0.25, 0.3) is 0 Å². The molecule has 1 aromatic rings. The van der Waals surface area contributed by atoms with Crippen LogP contribution >= 0.6 is 0 Å². The summed E-state index contributed by atoms with van der Waals surface area (Å²) in [6.07, 6.45) is 8.63. The van der Waals surface area contributed by atoms with Crippen LogP contribution in [-0.4, -0.2) is 47.4 Å². The number of carbonyl (C=O) groups is 3. The van der Waals surface area contributed by atoms with Crippen LogP contribution in [-0.2, 0) is 9.59 Å². The molecule has 31 heavy (non-hydrogen) atoms. The number of anilines is 1. The third-order valence-corrected chi connectivity index (χ3v) is 5.05. The number of likely N-dealkylation sites (tertiary alicyclic amines) is 1. The zero-order valence-electron chi connectivity index (χ0n) is 17.3. The van der Waals surface area contributed by atoms with E-state index in [2.05, 4.69) is 23.5 Å². The van der Waals surface area contributed by atoms with Gasteiger partial charge in [0, 0.05) is 18.2 Å². The second-order valence-corrected chi connectivity index (χ2v) is 7.35. The number of amides is 3. The van der Waals surface area contributed by atoms with E-state index in [1.165, 1.54) is 41.6 Å². The van der Waals surface area contributed by atoms with Crippen molar-refractivity contribution in [3.8, 4) is 0 Å². The molecule has 9 heteroatoms. The molecule has 1 saturated heterocycles. The molecule has 0 aromatic carbocycles. The van der Waals surface area contributed by atoms with Crippen LogP contribution in [0.4, 0.5) is 10.1 Å². The van der Waals surface area contributed by atoms with Gasteiger partial charge in [-0.1, -0.05) is 32.2 Å². The summed E-state index contributed by atoms with van der Waals surface area (Å²) in [5, 5.41) is 2.42. The van der Waals surface area contributed by atoms with E-state index in [0.717, 1.165) is 6.08 Å². The van der Waals surface area contributed by atoms with Crippen molar-refractivity contribution in [2.24, 2.45) is 11.7 Å². The van der Waals surface area contributed by atoms with E-state index in [9.17, 15) is 18.8 Å². The minimum absolute atomic E-state index is 0.0814.